The minimum Gasteiger partial charge on any atom is -0.477 e. The Morgan fingerprint density at radius 1 is 1.53 bits per heavy atom. The maximum atomic E-state index is 11.5. The lowest BCUT2D eigenvalue weighted by molar-refractivity contribution is -0.150. The van der Waals surface area contributed by atoms with Gasteiger partial charge in [-0.1, -0.05) is 0 Å². The van der Waals surface area contributed by atoms with Crippen molar-refractivity contribution in [2.75, 3.05) is 6.61 Å². The molecule has 0 bridgehead atoms. The monoisotopic (exact) mass is 251 g/mol. The normalized spacial score (nSPS) is 12.4. The van der Waals surface area contributed by atoms with E-state index in [4.69, 9.17) is 9.47 Å². The van der Waals surface area contributed by atoms with Gasteiger partial charge in [0.25, 0.3) is 0 Å². The van der Waals surface area contributed by atoms with Crippen LogP contribution in [-0.4, -0.2) is 23.7 Å². The highest BCUT2D eigenvalue weighted by Crippen LogP contribution is 2.29. The number of ether oxygens (including phenoxy) is 2. The Hall–Kier alpha value is -1.62. The molecule has 0 radical (unpaired) electrons. The second kappa shape index (κ2) is 5.14. The number of hydrogen-bond donors (Lipinski definition) is 0. The van der Waals surface area contributed by atoms with Crippen molar-refractivity contribution in [3.8, 4) is 5.75 Å². The van der Waals surface area contributed by atoms with Crippen LogP contribution in [0, 0.1) is 0 Å². The minimum absolute atomic E-state index is 0.353. The lowest BCUT2D eigenvalue weighted by atomic mass is 10.3. The molecule has 2 rings (SSSR count). The van der Waals surface area contributed by atoms with Crippen LogP contribution in [0.15, 0.2) is 23.7 Å². The van der Waals surface area contributed by atoms with E-state index in [1.165, 1.54) is 0 Å². The molecule has 0 N–H and O–H groups in total. The van der Waals surface area contributed by atoms with E-state index in [-0.39, 0.29) is 5.97 Å². The molecule has 0 aliphatic carbocycles. The van der Waals surface area contributed by atoms with Crippen LogP contribution in [0.2, 0.25) is 0 Å². The molecule has 2 aromatic heterocycles. The average Bonchev–Trinajstić information content (AvgIpc) is 2.78. The lowest BCUT2D eigenvalue weighted by Gasteiger charge is -2.13. The third-order valence-electron chi connectivity index (χ3n) is 2.23. The zero-order chi connectivity index (χ0) is 12.3. The third kappa shape index (κ3) is 2.55. The maximum Gasteiger partial charge on any atom is 0.347 e. The predicted octanol–water partition coefficient (Wildman–Crippen LogP) is 2.63. The Morgan fingerprint density at radius 2 is 2.35 bits per heavy atom. The number of nitrogens with zero attached hydrogens (tertiary/aromatic N) is 1. The second-order valence-electron chi connectivity index (χ2n) is 3.46. The molecule has 0 amide bonds. The molecule has 0 aromatic carbocycles. The number of pyridine rings is 1. The van der Waals surface area contributed by atoms with Gasteiger partial charge in [-0.25, -0.2) is 4.79 Å². The minimum atomic E-state index is -0.609. The maximum absolute atomic E-state index is 11.5. The van der Waals surface area contributed by atoms with Crippen molar-refractivity contribution in [1.29, 1.82) is 0 Å². The van der Waals surface area contributed by atoms with E-state index in [0.29, 0.717) is 12.4 Å². The first-order valence-corrected chi connectivity index (χ1v) is 6.26. The third-order valence-corrected chi connectivity index (χ3v) is 3.15. The molecule has 0 saturated heterocycles. The summed E-state index contributed by atoms with van der Waals surface area (Å²) in [4.78, 5) is 15.7. The van der Waals surface area contributed by atoms with Gasteiger partial charge in [0.15, 0.2) is 6.10 Å². The van der Waals surface area contributed by atoms with Crippen LogP contribution in [0.4, 0.5) is 0 Å². The van der Waals surface area contributed by atoms with Crippen LogP contribution in [0.25, 0.3) is 10.2 Å². The van der Waals surface area contributed by atoms with Crippen molar-refractivity contribution >= 4 is 27.5 Å². The van der Waals surface area contributed by atoms with Crippen LogP contribution < -0.4 is 4.74 Å². The second-order valence-corrected chi connectivity index (χ2v) is 4.37. The Morgan fingerprint density at radius 3 is 3.12 bits per heavy atom. The smallest absolute Gasteiger partial charge is 0.347 e. The molecule has 0 saturated carbocycles. The number of hydrogen-bond acceptors (Lipinski definition) is 5. The fraction of sp³-hybridized carbons (Fsp3) is 0.333. The Kier molecular flexibility index (Phi) is 3.58. The number of fused-ring (bicyclic) bond motifs is 1. The first-order valence-electron chi connectivity index (χ1n) is 5.38. The molecular formula is C12H13NO3S. The molecule has 0 fully saturated rings. The van der Waals surface area contributed by atoms with Gasteiger partial charge in [0.2, 0.25) is 0 Å². The number of thiophene rings is 1. The SMILES string of the molecule is CCOC(=O)C(C)Oc1ccnc2ccsc12. The van der Waals surface area contributed by atoms with Gasteiger partial charge in [0.1, 0.15) is 5.75 Å². The van der Waals surface area contributed by atoms with Gasteiger partial charge in [-0.3, -0.25) is 4.98 Å². The van der Waals surface area contributed by atoms with Crippen molar-refractivity contribution in [3.63, 3.8) is 0 Å². The molecule has 0 aliphatic rings. The topological polar surface area (TPSA) is 48.4 Å². The van der Waals surface area contributed by atoms with E-state index in [1.807, 2.05) is 11.4 Å². The number of esters is 1. The van der Waals surface area contributed by atoms with Crippen molar-refractivity contribution < 1.29 is 14.3 Å². The van der Waals surface area contributed by atoms with Crippen molar-refractivity contribution in [2.45, 2.75) is 20.0 Å². The van der Waals surface area contributed by atoms with Gasteiger partial charge in [-0.2, -0.15) is 0 Å². The fourth-order valence-electron chi connectivity index (χ4n) is 1.44. The zero-order valence-corrected chi connectivity index (χ0v) is 10.5. The number of carbonyl (C=O) groups is 1. The van der Waals surface area contributed by atoms with Crippen LogP contribution in [0.3, 0.4) is 0 Å². The summed E-state index contributed by atoms with van der Waals surface area (Å²) in [5, 5.41) is 1.94. The van der Waals surface area contributed by atoms with E-state index in [0.717, 1.165) is 10.2 Å². The van der Waals surface area contributed by atoms with Gasteiger partial charge in [-0.15, -0.1) is 11.3 Å². The van der Waals surface area contributed by atoms with E-state index in [1.54, 1.807) is 37.4 Å². The van der Waals surface area contributed by atoms with Gasteiger partial charge in [0.05, 0.1) is 16.8 Å². The predicted molar refractivity (Wildman–Crippen MR) is 66.3 cm³/mol. The van der Waals surface area contributed by atoms with E-state index in [2.05, 4.69) is 4.98 Å². The molecular weight excluding hydrogens is 238 g/mol. The number of aromatic nitrogens is 1. The summed E-state index contributed by atoms with van der Waals surface area (Å²) in [7, 11) is 0. The summed E-state index contributed by atoms with van der Waals surface area (Å²) >= 11 is 1.54. The molecule has 1 atom stereocenters. The van der Waals surface area contributed by atoms with E-state index >= 15 is 0 Å². The summed E-state index contributed by atoms with van der Waals surface area (Å²) in [6.07, 6.45) is 1.06. The van der Waals surface area contributed by atoms with E-state index < -0.39 is 6.10 Å². The largest absolute Gasteiger partial charge is 0.477 e. The zero-order valence-electron chi connectivity index (χ0n) is 9.67. The van der Waals surface area contributed by atoms with E-state index in [9.17, 15) is 4.79 Å². The summed E-state index contributed by atoms with van der Waals surface area (Å²) in [5.74, 6) is 0.319. The average molecular weight is 251 g/mol. The van der Waals surface area contributed by atoms with Gasteiger partial charge < -0.3 is 9.47 Å². The molecule has 1 unspecified atom stereocenters. The highest BCUT2D eigenvalue weighted by Gasteiger charge is 2.17. The molecule has 17 heavy (non-hydrogen) atoms. The summed E-state index contributed by atoms with van der Waals surface area (Å²) < 4.78 is 11.4. The Labute approximate surface area is 103 Å². The van der Waals surface area contributed by atoms with Crippen LogP contribution in [0.1, 0.15) is 13.8 Å². The van der Waals surface area contributed by atoms with Gasteiger partial charge >= 0.3 is 5.97 Å². The number of rotatable bonds is 4. The quantitative estimate of drug-likeness (QED) is 0.784. The molecule has 90 valence electrons. The Bertz CT molecular complexity index is 523. The first-order chi connectivity index (χ1) is 8.22. The standard InChI is InChI=1S/C12H13NO3S/c1-3-15-12(14)8(2)16-10-4-6-13-9-5-7-17-11(9)10/h4-8H,3H2,1-2H3. The first kappa shape index (κ1) is 11.9. The number of carbonyl (C=O) groups excluding carboxylic acids is 1. The van der Waals surface area contributed by atoms with Crippen LogP contribution in [0.5, 0.6) is 5.75 Å². The molecule has 4 nitrogen and oxygen atoms in total. The lowest BCUT2D eigenvalue weighted by Crippen LogP contribution is -2.26. The van der Waals surface area contributed by atoms with Crippen LogP contribution in [-0.2, 0) is 9.53 Å². The molecule has 2 aromatic rings. The molecule has 0 aliphatic heterocycles. The molecule has 0 spiro atoms. The van der Waals surface area contributed by atoms with Crippen molar-refractivity contribution in [1.82, 2.24) is 4.98 Å². The highest BCUT2D eigenvalue weighted by molar-refractivity contribution is 7.17. The van der Waals surface area contributed by atoms with Gasteiger partial charge in [-0.05, 0) is 25.3 Å². The van der Waals surface area contributed by atoms with Crippen LogP contribution >= 0.6 is 11.3 Å². The van der Waals surface area contributed by atoms with Crippen molar-refractivity contribution in [2.24, 2.45) is 0 Å². The highest BCUT2D eigenvalue weighted by atomic mass is 32.1. The Balaban J connectivity index is 2.18. The van der Waals surface area contributed by atoms with Gasteiger partial charge in [0, 0.05) is 12.3 Å². The fourth-order valence-corrected chi connectivity index (χ4v) is 2.25. The summed E-state index contributed by atoms with van der Waals surface area (Å²) in [6, 6.07) is 3.68. The summed E-state index contributed by atoms with van der Waals surface area (Å²) in [5.41, 5.74) is 0.878. The van der Waals surface area contributed by atoms with Crippen molar-refractivity contribution in [3.05, 3.63) is 23.7 Å². The molecule has 5 heteroatoms. The molecule has 2 heterocycles. The summed E-state index contributed by atoms with van der Waals surface area (Å²) in [6.45, 7) is 3.81.